The van der Waals surface area contributed by atoms with Crippen LogP contribution >= 0.6 is 0 Å². The number of rotatable bonds is 7. The van der Waals surface area contributed by atoms with E-state index in [1.807, 2.05) is 13.8 Å². The van der Waals surface area contributed by atoms with E-state index in [1.165, 1.54) is 12.3 Å². The predicted molar refractivity (Wildman–Crippen MR) is 95.8 cm³/mol. The van der Waals surface area contributed by atoms with Crippen molar-refractivity contribution >= 4 is 20.0 Å². The van der Waals surface area contributed by atoms with Gasteiger partial charge in [-0.1, -0.05) is 13.8 Å². The van der Waals surface area contributed by atoms with Crippen LogP contribution in [0.3, 0.4) is 0 Å². The van der Waals surface area contributed by atoms with E-state index >= 15 is 0 Å². The van der Waals surface area contributed by atoms with Crippen molar-refractivity contribution in [2.45, 2.75) is 57.9 Å². The molecule has 0 aliphatic heterocycles. The van der Waals surface area contributed by atoms with Crippen molar-refractivity contribution in [3.05, 3.63) is 11.8 Å². The van der Waals surface area contributed by atoms with Gasteiger partial charge in [0.2, 0.25) is 0 Å². The summed E-state index contributed by atoms with van der Waals surface area (Å²) in [6.07, 6.45) is 6.44. The van der Waals surface area contributed by atoms with Crippen LogP contribution in [0.4, 0.5) is 13.2 Å². The van der Waals surface area contributed by atoms with Gasteiger partial charge in [-0.3, -0.25) is 0 Å². The maximum Gasteiger partial charge on any atom is 0.534 e. The summed E-state index contributed by atoms with van der Waals surface area (Å²) in [5, 5.41) is 0. The molecule has 0 bridgehead atoms. The quantitative estimate of drug-likeness (QED) is 0.448. The molecule has 1 saturated carbocycles. The molecule has 2 rings (SSSR count). The SMILES string of the molecule is C[C@H](CCCS(C)(=O)=O)[C@H]1CC[C@H]2C(OS(=O)(=O)C(F)(F)F)=CCC[C@]12C. The summed E-state index contributed by atoms with van der Waals surface area (Å²) >= 11 is 0. The largest absolute Gasteiger partial charge is 0.534 e. The Morgan fingerprint density at radius 1 is 1.26 bits per heavy atom. The van der Waals surface area contributed by atoms with E-state index in [-0.39, 0.29) is 34.7 Å². The van der Waals surface area contributed by atoms with Crippen LogP contribution in [0.15, 0.2) is 11.8 Å². The highest BCUT2D eigenvalue weighted by atomic mass is 32.2. The number of halogens is 3. The van der Waals surface area contributed by atoms with E-state index in [2.05, 4.69) is 4.18 Å². The molecule has 0 aromatic rings. The summed E-state index contributed by atoms with van der Waals surface area (Å²) in [6, 6.07) is 0. The smallest absolute Gasteiger partial charge is 0.381 e. The molecular weight excluding hydrogens is 405 g/mol. The van der Waals surface area contributed by atoms with Gasteiger partial charge in [-0.25, -0.2) is 8.42 Å². The van der Waals surface area contributed by atoms with Crippen LogP contribution in [0.1, 0.15) is 52.4 Å². The zero-order valence-electron chi connectivity index (χ0n) is 15.8. The van der Waals surface area contributed by atoms with Gasteiger partial charge in [0.1, 0.15) is 15.6 Å². The third-order valence-corrected chi connectivity index (χ3v) is 8.14. The average Bonchev–Trinajstić information content (AvgIpc) is 2.82. The molecule has 0 radical (unpaired) electrons. The molecular formula is C17H27F3O5S2. The first-order valence-corrected chi connectivity index (χ1v) is 12.5. The van der Waals surface area contributed by atoms with Gasteiger partial charge in [-0.2, -0.15) is 21.6 Å². The normalized spacial score (nSPS) is 30.5. The van der Waals surface area contributed by atoms with Gasteiger partial charge in [-0.05, 0) is 61.9 Å². The molecule has 2 aliphatic carbocycles. The molecule has 0 aromatic carbocycles. The van der Waals surface area contributed by atoms with Crippen LogP contribution in [0.5, 0.6) is 0 Å². The van der Waals surface area contributed by atoms with Gasteiger partial charge in [0.15, 0.2) is 0 Å². The fourth-order valence-electron chi connectivity index (χ4n) is 4.83. The molecule has 0 aromatic heterocycles. The molecule has 27 heavy (non-hydrogen) atoms. The lowest BCUT2D eigenvalue weighted by Gasteiger charge is -2.42. The van der Waals surface area contributed by atoms with Gasteiger partial charge in [0, 0.05) is 17.9 Å². The van der Waals surface area contributed by atoms with Crippen molar-refractivity contribution < 1.29 is 34.2 Å². The van der Waals surface area contributed by atoms with E-state index in [0.717, 1.165) is 12.8 Å². The maximum absolute atomic E-state index is 12.7. The van der Waals surface area contributed by atoms with Gasteiger partial charge in [0.05, 0.1) is 0 Å². The van der Waals surface area contributed by atoms with Gasteiger partial charge in [0.25, 0.3) is 0 Å². The van der Waals surface area contributed by atoms with Gasteiger partial charge < -0.3 is 4.18 Å². The average molecular weight is 433 g/mol. The molecule has 158 valence electrons. The van der Waals surface area contributed by atoms with Crippen molar-refractivity contribution in [2.24, 2.45) is 23.2 Å². The predicted octanol–water partition coefficient (Wildman–Crippen LogP) is 4.02. The van der Waals surface area contributed by atoms with Crippen molar-refractivity contribution in [2.75, 3.05) is 12.0 Å². The van der Waals surface area contributed by atoms with E-state index in [9.17, 15) is 30.0 Å². The van der Waals surface area contributed by atoms with Crippen LogP contribution in [0.2, 0.25) is 0 Å². The Balaban J connectivity index is 2.11. The second-order valence-corrected chi connectivity index (χ2v) is 11.9. The first kappa shape index (κ1) is 22.5. The minimum absolute atomic E-state index is 0.0908. The Hall–Kier alpha value is -0.770. The Labute approximate surface area is 159 Å². The maximum atomic E-state index is 12.7. The third kappa shape index (κ3) is 4.99. The molecule has 4 atom stereocenters. The molecule has 1 fully saturated rings. The molecule has 0 amide bonds. The summed E-state index contributed by atoms with van der Waals surface area (Å²) in [7, 11) is -8.69. The van der Waals surface area contributed by atoms with E-state index < -0.39 is 25.5 Å². The fourth-order valence-corrected chi connectivity index (χ4v) is 6.05. The highest BCUT2D eigenvalue weighted by Crippen LogP contribution is 2.59. The number of sulfone groups is 1. The summed E-state index contributed by atoms with van der Waals surface area (Å²) in [5.41, 5.74) is -5.80. The molecule has 10 heteroatoms. The molecule has 0 unspecified atom stereocenters. The summed E-state index contributed by atoms with van der Waals surface area (Å²) < 4.78 is 88.0. The summed E-state index contributed by atoms with van der Waals surface area (Å²) in [6.45, 7) is 4.02. The van der Waals surface area contributed by atoms with Gasteiger partial charge >= 0.3 is 15.6 Å². The highest BCUT2D eigenvalue weighted by molar-refractivity contribution is 7.90. The van der Waals surface area contributed by atoms with E-state index in [1.54, 1.807) is 0 Å². The summed E-state index contributed by atoms with van der Waals surface area (Å²) in [4.78, 5) is 0. The first-order chi connectivity index (χ1) is 12.2. The van der Waals surface area contributed by atoms with Crippen molar-refractivity contribution in [3.8, 4) is 0 Å². The second kappa shape index (κ2) is 7.57. The lowest BCUT2D eigenvalue weighted by atomic mass is 9.63. The minimum Gasteiger partial charge on any atom is -0.381 e. The monoisotopic (exact) mass is 432 g/mol. The number of allylic oxidation sites excluding steroid dienone is 2. The van der Waals surface area contributed by atoms with Crippen LogP contribution in [0, 0.1) is 23.2 Å². The zero-order valence-corrected chi connectivity index (χ0v) is 17.4. The lowest BCUT2D eigenvalue weighted by Crippen LogP contribution is -2.37. The second-order valence-electron chi connectivity index (χ2n) is 8.12. The third-order valence-electron chi connectivity index (χ3n) is 6.13. The summed E-state index contributed by atoms with van der Waals surface area (Å²) in [5.74, 6) is 0.0309. The molecule has 0 N–H and O–H groups in total. The molecule has 5 nitrogen and oxygen atoms in total. The Kier molecular flexibility index (Phi) is 6.31. The van der Waals surface area contributed by atoms with Crippen LogP contribution in [0.25, 0.3) is 0 Å². The molecule has 2 aliphatic rings. The van der Waals surface area contributed by atoms with Crippen LogP contribution in [-0.2, 0) is 24.1 Å². The molecule has 0 heterocycles. The fraction of sp³-hybridized carbons (Fsp3) is 0.882. The van der Waals surface area contributed by atoms with E-state index in [4.69, 9.17) is 0 Å². The van der Waals surface area contributed by atoms with Crippen molar-refractivity contribution in [1.29, 1.82) is 0 Å². The van der Waals surface area contributed by atoms with Crippen molar-refractivity contribution in [3.63, 3.8) is 0 Å². The van der Waals surface area contributed by atoms with Gasteiger partial charge in [-0.15, -0.1) is 0 Å². The number of alkyl halides is 3. The highest BCUT2D eigenvalue weighted by Gasteiger charge is 2.54. The van der Waals surface area contributed by atoms with Crippen molar-refractivity contribution in [1.82, 2.24) is 0 Å². The Bertz CT molecular complexity index is 786. The molecule has 0 spiro atoms. The topological polar surface area (TPSA) is 77.5 Å². The van der Waals surface area contributed by atoms with Crippen LogP contribution in [-0.4, -0.2) is 34.4 Å². The number of hydrogen-bond donors (Lipinski definition) is 0. The minimum atomic E-state index is -5.67. The number of hydrogen-bond acceptors (Lipinski definition) is 5. The zero-order chi connectivity index (χ0) is 20.7. The lowest BCUT2D eigenvalue weighted by molar-refractivity contribution is -0.0536. The standard InChI is InChI=1S/C17H27F3O5S2/c1-12(6-5-11-26(3,21)22)13-8-9-14-15(7-4-10-16(13,14)2)25-27(23,24)17(18,19)20/h7,12-14H,4-6,8-11H2,1-3H3/t12-,13-,14+,16-/m1/s1. The van der Waals surface area contributed by atoms with E-state index in [0.29, 0.717) is 25.7 Å². The molecule has 0 saturated heterocycles. The Morgan fingerprint density at radius 2 is 1.89 bits per heavy atom. The number of fused-ring (bicyclic) bond motifs is 1. The Morgan fingerprint density at radius 3 is 2.44 bits per heavy atom. The van der Waals surface area contributed by atoms with Crippen LogP contribution < -0.4 is 0 Å². The first-order valence-electron chi connectivity index (χ1n) is 9.06.